The maximum Gasteiger partial charge on any atom is 0.313 e. The van der Waals surface area contributed by atoms with Gasteiger partial charge in [0.2, 0.25) is 0 Å². The molecule has 6 nitrogen and oxygen atoms in total. The fraction of sp³-hybridized carbons (Fsp3) is 0.421. The van der Waals surface area contributed by atoms with E-state index < -0.39 is 11.8 Å². The van der Waals surface area contributed by atoms with E-state index in [4.69, 9.17) is 4.52 Å². The van der Waals surface area contributed by atoms with Crippen LogP contribution in [0.3, 0.4) is 0 Å². The number of benzene rings is 1. The molecule has 0 aliphatic heterocycles. The molecule has 1 atom stereocenters. The lowest BCUT2D eigenvalue weighted by Crippen LogP contribution is -2.41. The highest BCUT2D eigenvalue weighted by atomic mass is 16.5. The van der Waals surface area contributed by atoms with Crippen molar-refractivity contribution in [3.63, 3.8) is 0 Å². The third-order valence-electron chi connectivity index (χ3n) is 4.91. The summed E-state index contributed by atoms with van der Waals surface area (Å²) >= 11 is 0. The van der Waals surface area contributed by atoms with Crippen LogP contribution in [-0.4, -0.2) is 17.0 Å². The van der Waals surface area contributed by atoms with Crippen molar-refractivity contribution in [2.75, 3.05) is 5.32 Å². The standard InChI is InChI=1S/C19H23N3O3/c1-11-16(12(2)25-22-11)21-18(24)17(23)20-15-9-10-19(3,4)14-8-6-5-7-13(14)15/h5-8,15H,9-10H2,1-4H3,(H,20,23)(H,21,24)/t15-/m1/s1. The Labute approximate surface area is 147 Å². The summed E-state index contributed by atoms with van der Waals surface area (Å²) in [4.78, 5) is 24.6. The number of fused-ring (bicyclic) bond motifs is 1. The van der Waals surface area contributed by atoms with Crippen molar-refractivity contribution < 1.29 is 14.1 Å². The van der Waals surface area contributed by atoms with E-state index in [1.54, 1.807) is 13.8 Å². The first-order chi connectivity index (χ1) is 11.8. The van der Waals surface area contributed by atoms with Crippen molar-refractivity contribution >= 4 is 17.5 Å². The summed E-state index contributed by atoms with van der Waals surface area (Å²) in [5.41, 5.74) is 3.36. The van der Waals surface area contributed by atoms with Crippen molar-refractivity contribution in [1.29, 1.82) is 0 Å². The summed E-state index contributed by atoms with van der Waals surface area (Å²) in [6.07, 6.45) is 1.74. The second kappa shape index (κ2) is 6.35. The highest BCUT2D eigenvalue weighted by Crippen LogP contribution is 2.41. The maximum absolute atomic E-state index is 12.4. The molecule has 1 aromatic carbocycles. The molecule has 6 heteroatoms. The fourth-order valence-electron chi connectivity index (χ4n) is 3.42. The zero-order valence-corrected chi connectivity index (χ0v) is 15.0. The van der Waals surface area contributed by atoms with Gasteiger partial charge in [-0.3, -0.25) is 9.59 Å². The van der Waals surface area contributed by atoms with Crippen LogP contribution in [0.4, 0.5) is 5.69 Å². The summed E-state index contributed by atoms with van der Waals surface area (Å²) in [7, 11) is 0. The van der Waals surface area contributed by atoms with Crippen molar-refractivity contribution in [2.45, 2.75) is 52.0 Å². The van der Waals surface area contributed by atoms with Gasteiger partial charge in [-0.2, -0.15) is 0 Å². The van der Waals surface area contributed by atoms with Crippen LogP contribution in [0.5, 0.6) is 0 Å². The van der Waals surface area contributed by atoms with Gasteiger partial charge in [-0.1, -0.05) is 43.3 Å². The molecular weight excluding hydrogens is 318 g/mol. The lowest BCUT2D eigenvalue weighted by atomic mass is 9.71. The van der Waals surface area contributed by atoms with Crippen LogP contribution in [0.15, 0.2) is 28.8 Å². The average molecular weight is 341 g/mol. The number of carbonyl (C=O) groups excluding carboxylic acids is 2. The third kappa shape index (κ3) is 3.29. The van der Waals surface area contributed by atoms with Crippen LogP contribution in [0.1, 0.15) is 55.3 Å². The molecule has 0 unspecified atom stereocenters. The normalized spacial score (nSPS) is 18.3. The Hall–Kier alpha value is -2.63. The number of anilines is 1. The van der Waals surface area contributed by atoms with Crippen LogP contribution in [0.25, 0.3) is 0 Å². The second-order valence-corrected chi connectivity index (χ2v) is 7.19. The summed E-state index contributed by atoms with van der Waals surface area (Å²) in [5.74, 6) is -0.889. The van der Waals surface area contributed by atoms with E-state index in [-0.39, 0.29) is 11.5 Å². The summed E-state index contributed by atoms with van der Waals surface area (Å²) in [5, 5.41) is 9.21. The number of aryl methyl sites for hydroxylation is 2. The SMILES string of the molecule is Cc1noc(C)c1NC(=O)C(=O)N[C@@H]1CCC(C)(C)c2ccccc21. The Bertz CT molecular complexity index is 804. The average Bonchev–Trinajstić information content (AvgIpc) is 2.89. The van der Waals surface area contributed by atoms with Crippen molar-refractivity contribution in [1.82, 2.24) is 10.5 Å². The Morgan fingerprint density at radius 3 is 2.60 bits per heavy atom. The number of hydrogen-bond donors (Lipinski definition) is 2. The smallest absolute Gasteiger partial charge is 0.313 e. The van der Waals surface area contributed by atoms with Gasteiger partial charge in [0.1, 0.15) is 11.4 Å². The summed E-state index contributed by atoms with van der Waals surface area (Å²) in [6.45, 7) is 7.80. The second-order valence-electron chi connectivity index (χ2n) is 7.19. The van der Waals surface area contributed by atoms with Gasteiger partial charge in [-0.05, 0) is 43.2 Å². The lowest BCUT2D eigenvalue weighted by molar-refractivity contribution is -0.136. The number of aromatic nitrogens is 1. The van der Waals surface area contributed by atoms with Gasteiger partial charge in [0, 0.05) is 0 Å². The minimum absolute atomic E-state index is 0.0662. The van der Waals surface area contributed by atoms with Crippen molar-refractivity contribution in [3.8, 4) is 0 Å². The molecule has 0 fully saturated rings. The van der Waals surface area contributed by atoms with Gasteiger partial charge in [0.25, 0.3) is 0 Å². The molecule has 1 aromatic heterocycles. The van der Waals surface area contributed by atoms with Gasteiger partial charge in [-0.25, -0.2) is 0 Å². The van der Waals surface area contributed by atoms with Gasteiger partial charge in [0.15, 0.2) is 5.76 Å². The summed E-state index contributed by atoms with van der Waals surface area (Å²) in [6, 6.07) is 7.93. The topological polar surface area (TPSA) is 84.2 Å². The highest BCUT2D eigenvalue weighted by Gasteiger charge is 2.33. The van der Waals surface area contributed by atoms with Crippen molar-refractivity contribution in [3.05, 3.63) is 46.8 Å². The molecule has 2 amide bonds. The first-order valence-corrected chi connectivity index (χ1v) is 8.44. The predicted octanol–water partition coefficient (Wildman–Crippen LogP) is 3.16. The molecule has 0 spiro atoms. The maximum atomic E-state index is 12.4. The largest absolute Gasteiger partial charge is 0.359 e. The highest BCUT2D eigenvalue weighted by molar-refractivity contribution is 6.39. The molecule has 0 radical (unpaired) electrons. The number of amides is 2. The molecule has 132 valence electrons. The first kappa shape index (κ1) is 17.2. The monoisotopic (exact) mass is 341 g/mol. The predicted molar refractivity (Wildman–Crippen MR) is 94.2 cm³/mol. The molecule has 2 aromatic rings. The molecule has 2 N–H and O–H groups in total. The Kier molecular flexibility index (Phi) is 4.37. The molecular formula is C19H23N3O3. The molecule has 1 heterocycles. The van der Waals surface area contributed by atoms with Crippen LogP contribution < -0.4 is 10.6 Å². The van der Waals surface area contributed by atoms with Gasteiger partial charge in [0.05, 0.1) is 6.04 Å². The number of rotatable bonds is 2. The van der Waals surface area contributed by atoms with E-state index in [0.29, 0.717) is 17.1 Å². The molecule has 1 aliphatic rings. The number of nitrogens with zero attached hydrogens (tertiary/aromatic N) is 1. The van der Waals surface area contributed by atoms with Gasteiger partial charge in [-0.15, -0.1) is 0 Å². The quantitative estimate of drug-likeness (QED) is 0.822. The molecule has 0 saturated carbocycles. The summed E-state index contributed by atoms with van der Waals surface area (Å²) < 4.78 is 5.00. The van der Waals surface area contributed by atoms with E-state index >= 15 is 0 Å². The molecule has 3 rings (SSSR count). The van der Waals surface area contributed by atoms with E-state index in [1.807, 2.05) is 18.2 Å². The van der Waals surface area contributed by atoms with E-state index in [2.05, 4.69) is 35.7 Å². The van der Waals surface area contributed by atoms with Gasteiger partial charge >= 0.3 is 11.8 Å². The molecule has 0 bridgehead atoms. The minimum atomic E-state index is -0.711. The number of nitrogens with one attached hydrogen (secondary N) is 2. The molecule has 0 saturated heterocycles. The van der Waals surface area contributed by atoms with Crippen molar-refractivity contribution in [2.24, 2.45) is 0 Å². The zero-order chi connectivity index (χ0) is 18.2. The molecule has 1 aliphatic carbocycles. The van der Waals surface area contributed by atoms with Crippen LogP contribution in [-0.2, 0) is 15.0 Å². The number of carbonyl (C=O) groups is 2. The van der Waals surface area contributed by atoms with E-state index in [9.17, 15) is 9.59 Å². The number of hydrogen-bond acceptors (Lipinski definition) is 4. The van der Waals surface area contributed by atoms with Gasteiger partial charge < -0.3 is 15.2 Å². The Morgan fingerprint density at radius 2 is 1.92 bits per heavy atom. The Morgan fingerprint density at radius 1 is 1.20 bits per heavy atom. The Balaban J connectivity index is 1.74. The van der Waals surface area contributed by atoms with Crippen LogP contribution in [0.2, 0.25) is 0 Å². The van der Waals surface area contributed by atoms with Crippen LogP contribution in [0, 0.1) is 13.8 Å². The lowest BCUT2D eigenvalue weighted by Gasteiger charge is -2.37. The fourth-order valence-corrected chi connectivity index (χ4v) is 3.42. The molecule has 25 heavy (non-hydrogen) atoms. The first-order valence-electron chi connectivity index (χ1n) is 8.44. The van der Waals surface area contributed by atoms with E-state index in [0.717, 1.165) is 18.4 Å². The minimum Gasteiger partial charge on any atom is -0.359 e. The van der Waals surface area contributed by atoms with Crippen LogP contribution >= 0.6 is 0 Å². The third-order valence-corrected chi connectivity index (χ3v) is 4.91. The van der Waals surface area contributed by atoms with E-state index in [1.165, 1.54) is 5.56 Å². The zero-order valence-electron chi connectivity index (χ0n) is 15.0.